The zero-order chi connectivity index (χ0) is 8.72. The molecular formula is C5H4BrN5O. The number of rotatable bonds is 0. The van der Waals surface area contributed by atoms with E-state index in [4.69, 9.17) is 0 Å². The van der Waals surface area contributed by atoms with Crippen LogP contribution >= 0.6 is 15.9 Å². The summed E-state index contributed by atoms with van der Waals surface area (Å²) in [6, 6.07) is 0. The van der Waals surface area contributed by atoms with E-state index in [0.717, 1.165) is 0 Å². The largest absolute Gasteiger partial charge is 0.309 e. The molecule has 0 aromatic carbocycles. The molecule has 6 nitrogen and oxygen atoms in total. The van der Waals surface area contributed by atoms with Gasteiger partial charge in [-0.2, -0.15) is 14.6 Å². The lowest BCUT2D eigenvalue weighted by atomic mass is 10.8. The third-order valence-corrected chi connectivity index (χ3v) is 1.92. The Balaban J connectivity index is 3.07. The van der Waals surface area contributed by atoms with Crippen molar-refractivity contribution >= 4 is 21.7 Å². The molecular weight excluding hydrogens is 226 g/mol. The predicted octanol–water partition coefficient (Wildman–Crippen LogP) is -0.415. The van der Waals surface area contributed by atoms with E-state index in [-0.39, 0.29) is 10.2 Å². The van der Waals surface area contributed by atoms with Gasteiger partial charge in [-0.25, -0.2) is 4.68 Å². The summed E-state index contributed by atoms with van der Waals surface area (Å²) >= 11 is 3.02. The van der Waals surface area contributed by atoms with Crippen LogP contribution in [0.3, 0.4) is 0 Å². The highest BCUT2D eigenvalue weighted by Gasteiger charge is 2.06. The first-order chi connectivity index (χ1) is 5.70. The lowest BCUT2D eigenvalue weighted by molar-refractivity contribution is 0.690. The fourth-order valence-corrected chi connectivity index (χ4v) is 1.31. The van der Waals surface area contributed by atoms with Gasteiger partial charge in [0.2, 0.25) is 0 Å². The van der Waals surface area contributed by atoms with E-state index in [2.05, 4.69) is 31.1 Å². The highest BCUT2D eigenvalue weighted by atomic mass is 79.9. The molecule has 0 fully saturated rings. The van der Waals surface area contributed by atoms with Crippen molar-refractivity contribution < 1.29 is 0 Å². The van der Waals surface area contributed by atoms with Gasteiger partial charge in [0.15, 0.2) is 4.60 Å². The Morgan fingerprint density at radius 3 is 3.08 bits per heavy atom. The summed E-state index contributed by atoms with van der Waals surface area (Å²) in [6.07, 6.45) is 1.31. The Labute approximate surface area is 75.0 Å². The maximum atomic E-state index is 11.3. The van der Waals surface area contributed by atoms with Crippen molar-refractivity contribution in [1.82, 2.24) is 24.4 Å². The van der Waals surface area contributed by atoms with Crippen molar-refractivity contribution in [2.45, 2.75) is 0 Å². The number of hydrogen-bond donors (Lipinski definition) is 0. The summed E-state index contributed by atoms with van der Waals surface area (Å²) in [5.74, 6) is 0.420. The van der Waals surface area contributed by atoms with E-state index >= 15 is 0 Å². The maximum Gasteiger partial charge on any atom is 0.309 e. The molecule has 7 heteroatoms. The van der Waals surface area contributed by atoms with Gasteiger partial charge in [-0.1, -0.05) is 0 Å². The summed E-state index contributed by atoms with van der Waals surface area (Å²) in [5, 5.41) is 7.61. The molecule has 2 rings (SSSR count). The van der Waals surface area contributed by atoms with Crippen LogP contribution in [0.15, 0.2) is 15.7 Å². The quantitative estimate of drug-likeness (QED) is 0.616. The summed E-state index contributed by atoms with van der Waals surface area (Å²) < 4.78 is 2.87. The summed E-state index contributed by atoms with van der Waals surface area (Å²) in [6.45, 7) is 0. The average molecular weight is 230 g/mol. The van der Waals surface area contributed by atoms with E-state index in [9.17, 15) is 4.79 Å². The smallest absolute Gasteiger partial charge is 0.264 e. The number of halogens is 1. The molecule has 0 spiro atoms. The third-order valence-electron chi connectivity index (χ3n) is 1.43. The minimum absolute atomic E-state index is 0.225. The molecule has 0 bridgehead atoms. The second-order valence-corrected chi connectivity index (χ2v) is 2.94. The highest BCUT2D eigenvalue weighted by Crippen LogP contribution is 1.97. The van der Waals surface area contributed by atoms with Gasteiger partial charge >= 0.3 is 5.56 Å². The van der Waals surface area contributed by atoms with Crippen LogP contribution in [0.1, 0.15) is 0 Å². The van der Waals surface area contributed by atoms with Crippen molar-refractivity contribution in [3.63, 3.8) is 0 Å². The number of aryl methyl sites for hydroxylation is 1. The molecule has 0 aliphatic carbocycles. The van der Waals surface area contributed by atoms with E-state index in [1.54, 1.807) is 7.05 Å². The molecule has 0 atom stereocenters. The normalized spacial score (nSPS) is 10.8. The van der Waals surface area contributed by atoms with Crippen molar-refractivity contribution in [2.75, 3.05) is 0 Å². The van der Waals surface area contributed by atoms with Crippen LogP contribution in [0.25, 0.3) is 5.78 Å². The second kappa shape index (κ2) is 2.37. The first-order valence-corrected chi connectivity index (χ1v) is 3.92. The molecule has 0 saturated heterocycles. The van der Waals surface area contributed by atoms with Crippen molar-refractivity contribution in [3.05, 3.63) is 21.3 Å². The standard InChI is InChI=1S/C5H4BrN5O/c1-10-5-7-2-8-11(5)4(12)3(6)9-10/h2H,1H3. The van der Waals surface area contributed by atoms with Crippen molar-refractivity contribution in [1.29, 1.82) is 0 Å². The van der Waals surface area contributed by atoms with E-state index in [1.807, 2.05) is 0 Å². The Hall–Kier alpha value is -1.24. The Kier molecular flexibility index (Phi) is 1.47. The first-order valence-electron chi connectivity index (χ1n) is 3.12. The van der Waals surface area contributed by atoms with Crippen molar-refractivity contribution in [2.24, 2.45) is 7.05 Å². The van der Waals surface area contributed by atoms with Gasteiger partial charge in [-0.3, -0.25) is 4.79 Å². The second-order valence-electron chi connectivity index (χ2n) is 2.19. The fraction of sp³-hybridized carbons (Fsp3) is 0.200. The topological polar surface area (TPSA) is 65.1 Å². The molecule has 0 N–H and O–H groups in total. The Bertz CT molecular complexity index is 486. The number of aromatic nitrogens is 5. The van der Waals surface area contributed by atoms with E-state index in [1.165, 1.54) is 15.5 Å². The van der Waals surface area contributed by atoms with Gasteiger partial charge in [0, 0.05) is 7.05 Å². The van der Waals surface area contributed by atoms with Crippen LogP contribution < -0.4 is 5.56 Å². The van der Waals surface area contributed by atoms with Gasteiger partial charge in [0.25, 0.3) is 5.78 Å². The van der Waals surface area contributed by atoms with Gasteiger partial charge in [-0.15, -0.1) is 5.10 Å². The lowest BCUT2D eigenvalue weighted by Gasteiger charge is -1.97. The van der Waals surface area contributed by atoms with Crippen molar-refractivity contribution in [3.8, 4) is 0 Å². The number of fused-ring (bicyclic) bond motifs is 1. The Morgan fingerprint density at radius 2 is 2.33 bits per heavy atom. The van der Waals surface area contributed by atoms with Crippen LogP contribution in [-0.4, -0.2) is 24.4 Å². The van der Waals surface area contributed by atoms with Gasteiger partial charge in [-0.05, 0) is 15.9 Å². The van der Waals surface area contributed by atoms with Crippen LogP contribution in [-0.2, 0) is 7.05 Å². The minimum atomic E-state index is -0.305. The molecule has 0 saturated carbocycles. The van der Waals surface area contributed by atoms with Crippen LogP contribution in [0.5, 0.6) is 0 Å². The van der Waals surface area contributed by atoms with E-state index < -0.39 is 0 Å². The van der Waals surface area contributed by atoms with E-state index in [0.29, 0.717) is 5.78 Å². The molecule has 2 aromatic rings. The first kappa shape index (κ1) is 7.41. The molecule has 12 heavy (non-hydrogen) atoms. The Morgan fingerprint density at radius 1 is 1.58 bits per heavy atom. The zero-order valence-corrected chi connectivity index (χ0v) is 7.69. The van der Waals surface area contributed by atoms with Crippen LogP contribution in [0, 0.1) is 0 Å². The molecule has 0 radical (unpaired) electrons. The molecule has 0 aliphatic rings. The molecule has 0 aliphatic heterocycles. The monoisotopic (exact) mass is 229 g/mol. The fourth-order valence-electron chi connectivity index (χ4n) is 0.906. The molecule has 0 amide bonds. The van der Waals surface area contributed by atoms with Gasteiger partial charge in [0.1, 0.15) is 6.33 Å². The van der Waals surface area contributed by atoms with Gasteiger partial charge in [0.05, 0.1) is 0 Å². The molecule has 2 heterocycles. The molecule has 62 valence electrons. The van der Waals surface area contributed by atoms with Gasteiger partial charge < -0.3 is 0 Å². The highest BCUT2D eigenvalue weighted by molar-refractivity contribution is 9.10. The summed E-state index contributed by atoms with van der Waals surface area (Å²) in [4.78, 5) is 15.1. The van der Waals surface area contributed by atoms with Crippen LogP contribution in [0.2, 0.25) is 0 Å². The minimum Gasteiger partial charge on any atom is -0.264 e. The predicted molar refractivity (Wildman–Crippen MR) is 43.7 cm³/mol. The van der Waals surface area contributed by atoms with Crippen LogP contribution in [0.4, 0.5) is 0 Å². The molecule has 2 aromatic heterocycles. The maximum absolute atomic E-state index is 11.3. The summed E-state index contributed by atoms with van der Waals surface area (Å²) in [7, 11) is 1.69. The zero-order valence-electron chi connectivity index (χ0n) is 6.10. The molecule has 0 unspecified atom stereocenters. The lowest BCUT2D eigenvalue weighted by Crippen LogP contribution is -2.21. The average Bonchev–Trinajstić information content (AvgIpc) is 2.48. The number of nitrogens with zero attached hydrogens (tertiary/aromatic N) is 5. The third kappa shape index (κ3) is 0.860. The number of hydrogen-bond acceptors (Lipinski definition) is 4. The summed E-state index contributed by atoms with van der Waals surface area (Å²) in [5.41, 5.74) is -0.305. The SMILES string of the molecule is Cn1nc(Br)c(=O)n2ncnc12.